The fraction of sp³-hybridized carbons (Fsp3) is 0.0909. The average molecular weight is 418 g/mol. The summed E-state index contributed by atoms with van der Waals surface area (Å²) in [7, 11) is 0. The molecule has 0 bridgehead atoms. The Labute approximate surface area is 176 Å². The van der Waals surface area contributed by atoms with Gasteiger partial charge in [-0.25, -0.2) is 4.52 Å². The number of halogens is 1. The molecule has 0 saturated carbocycles. The number of aryl methyl sites for hydroxylation is 1. The molecular weight excluding hydrogens is 402 g/mol. The van der Waals surface area contributed by atoms with Crippen LogP contribution in [0.3, 0.4) is 0 Å². The normalized spacial score (nSPS) is 11.3. The first-order valence-electron chi connectivity index (χ1n) is 9.31. The average Bonchev–Trinajstić information content (AvgIpc) is 3.38. The molecule has 0 radical (unpaired) electrons. The largest absolute Gasteiger partial charge is 0.337 e. The minimum atomic E-state index is -0.194. The van der Waals surface area contributed by atoms with Crippen LogP contribution in [0.2, 0.25) is 5.02 Å². The van der Waals surface area contributed by atoms with Crippen LogP contribution in [0.4, 0.5) is 0 Å². The van der Waals surface area contributed by atoms with E-state index in [0.29, 0.717) is 27.9 Å². The van der Waals surface area contributed by atoms with Crippen molar-refractivity contribution in [3.05, 3.63) is 93.8 Å². The van der Waals surface area contributed by atoms with Gasteiger partial charge in [0.2, 0.25) is 11.7 Å². The second-order valence-corrected chi connectivity index (χ2v) is 7.42. The van der Waals surface area contributed by atoms with Crippen LogP contribution in [0.1, 0.15) is 11.5 Å². The Morgan fingerprint density at radius 2 is 1.87 bits per heavy atom. The van der Waals surface area contributed by atoms with Crippen molar-refractivity contribution in [3.63, 3.8) is 0 Å². The van der Waals surface area contributed by atoms with E-state index in [4.69, 9.17) is 16.1 Å². The Bertz CT molecular complexity index is 1420. The fourth-order valence-electron chi connectivity index (χ4n) is 3.28. The molecule has 5 aromatic rings. The summed E-state index contributed by atoms with van der Waals surface area (Å²) in [5.74, 6) is 0.854. The zero-order valence-electron chi connectivity index (χ0n) is 16.0. The lowest BCUT2D eigenvalue weighted by atomic mass is 10.1. The number of fused-ring (bicyclic) bond motifs is 1. The van der Waals surface area contributed by atoms with E-state index in [2.05, 4.69) is 15.2 Å². The van der Waals surface area contributed by atoms with E-state index in [1.807, 2.05) is 43.3 Å². The van der Waals surface area contributed by atoms with Crippen molar-refractivity contribution >= 4 is 17.1 Å². The Morgan fingerprint density at radius 1 is 1.03 bits per heavy atom. The molecule has 0 N–H and O–H groups in total. The number of rotatable bonds is 4. The van der Waals surface area contributed by atoms with E-state index >= 15 is 0 Å². The van der Waals surface area contributed by atoms with E-state index in [-0.39, 0.29) is 12.1 Å². The highest BCUT2D eigenvalue weighted by molar-refractivity contribution is 6.30. The minimum Gasteiger partial charge on any atom is -0.337 e. The van der Waals surface area contributed by atoms with Crippen LogP contribution in [0.25, 0.3) is 28.2 Å². The molecule has 148 valence electrons. The van der Waals surface area contributed by atoms with Crippen molar-refractivity contribution in [1.82, 2.24) is 24.3 Å². The van der Waals surface area contributed by atoms with E-state index in [0.717, 1.165) is 16.7 Å². The number of benzene rings is 2. The number of hydrogen-bond donors (Lipinski definition) is 0. The van der Waals surface area contributed by atoms with Gasteiger partial charge in [-0.05, 0) is 31.2 Å². The third-order valence-electron chi connectivity index (χ3n) is 4.79. The van der Waals surface area contributed by atoms with Crippen LogP contribution in [0.5, 0.6) is 0 Å². The van der Waals surface area contributed by atoms with Gasteiger partial charge in [0.15, 0.2) is 0 Å². The van der Waals surface area contributed by atoms with Gasteiger partial charge in [-0.3, -0.25) is 4.79 Å². The fourth-order valence-corrected chi connectivity index (χ4v) is 3.40. The van der Waals surface area contributed by atoms with Crippen molar-refractivity contribution in [2.24, 2.45) is 0 Å². The number of hydrogen-bond acceptors (Lipinski definition) is 5. The first kappa shape index (κ1) is 18.3. The zero-order valence-corrected chi connectivity index (χ0v) is 16.7. The maximum absolute atomic E-state index is 12.9. The summed E-state index contributed by atoms with van der Waals surface area (Å²) in [4.78, 5) is 17.4. The molecule has 3 heterocycles. The Hall–Kier alpha value is -3.71. The second kappa shape index (κ2) is 7.27. The molecule has 0 atom stereocenters. The van der Waals surface area contributed by atoms with Crippen LogP contribution in [0, 0.1) is 6.92 Å². The molecule has 5 rings (SSSR count). The Morgan fingerprint density at radius 3 is 2.67 bits per heavy atom. The summed E-state index contributed by atoms with van der Waals surface area (Å²) in [6.45, 7) is 2.18. The van der Waals surface area contributed by atoms with Gasteiger partial charge in [0.25, 0.3) is 5.56 Å². The van der Waals surface area contributed by atoms with E-state index < -0.39 is 0 Å². The third-order valence-corrected chi connectivity index (χ3v) is 5.05. The van der Waals surface area contributed by atoms with Gasteiger partial charge >= 0.3 is 0 Å². The maximum Gasteiger partial charge on any atom is 0.277 e. The summed E-state index contributed by atoms with van der Waals surface area (Å²) in [6.07, 6.45) is 3.39. The van der Waals surface area contributed by atoms with E-state index in [9.17, 15) is 4.79 Å². The summed E-state index contributed by atoms with van der Waals surface area (Å²) >= 11 is 5.95. The highest BCUT2D eigenvalue weighted by atomic mass is 35.5. The monoisotopic (exact) mass is 417 g/mol. The highest BCUT2D eigenvalue weighted by Gasteiger charge is 2.13. The molecule has 30 heavy (non-hydrogen) atoms. The van der Waals surface area contributed by atoms with E-state index in [1.54, 1.807) is 35.1 Å². The van der Waals surface area contributed by atoms with Crippen LogP contribution in [-0.4, -0.2) is 24.3 Å². The molecule has 0 aliphatic rings. The van der Waals surface area contributed by atoms with Crippen molar-refractivity contribution in [2.45, 2.75) is 13.5 Å². The molecule has 0 aliphatic heterocycles. The molecule has 7 nitrogen and oxygen atoms in total. The summed E-state index contributed by atoms with van der Waals surface area (Å²) in [5.41, 5.74) is 3.82. The molecule has 0 amide bonds. The second-order valence-electron chi connectivity index (χ2n) is 6.98. The van der Waals surface area contributed by atoms with Gasteiger partial charge in [0.05, 0.1) is 5.69 Å². The SMILES string of the molecule is Cc1cccc(-c2noc(Cn3ccn4nc(-c5ccc(Cl)cc5)cc4c3=O)n2)c1. The minimum absolute atomic E-state index is 0.176. The number of nitrogens with zero attached hydrogens (tertiary/aromatic N) is 5. The smallest absolute Gasteiger partial charge is 0.277 e. The summed E-state index contributed by atoms with van der Waals surface area (Å²) in [5, 5.41) is 9.17. The molecular formula is C22H16ClN5O2. The molecule has 3 aromatic heterocycles. The number of aromatic nitrogens is 5. The zero-order chi connectivity index (χ0) is 20.7. The van der Waals surface area contributed by atoms with Gasteiger partial charge < -0.3 is 9.09 Å². The first-order chi connectivity index (χ1) is 14.6. The predicted molar refractivity (Wildman–Crippen MR) is 113 cm³/mol. The summed E-state index contributed by atoms with van der Waals surface area (Å²) in [6, 6.07) is 16.9. The first-order valence-corrected chi connectivity index (χ1v) is 9.69. The van der Waals surface area contributed by atoms with Gasteiger partial charge in [-0.1, -0.05) is 52.7 Å². The molecule has 0 aliphatic carbocycles. The van der Waals surface area contributed by atoms with Gasteiger partial charge in [-0.15, -0.1) is 0 Å². The van der Waals surface area contributed by atoms with Gasteiger partial charge in [-0.2, -0.15) is 10.1 Å². The maximum atomic E-state index is 12.9. The van der Waals surface area contributed by atoms with Crippen molar-refractivity contribution in [3.8, 4) is 22.6 Å². The lowest BCUT2D eigenvalue weighted by molar-refractivity contribution is 0.370. The highest BCUT2D eigenvalue weighted by Crippen LogP contribution is 2.21. The lowest BCUT2D eigenvalue weighted by Crippen LogP contribution is -2.21. The molecule has 0 saturated heterocycles. The lowest BCUT2D eigenvalue weighted by Gasteiger charge is -2.02. The van der Waals surface area contributed by atoms with Crippen molar-refractivity contribution in [1.29, 1.82) is 0 Å². The molecule has 0 unspecified atom stereocenters. The topological polar surface area (TPSA) is 78.2 Å². The van der Waals surface area contributed by atoms with Gasteiger partial charge in [0.1, 0.15) is 12.1 Å². The van der Waals surface area contributed by atoms with Crippen LogP contribution < -0.4 is 5.56 Å². The van der Waals surface area contributed by atoms with Crippen LogP contribution in [-0.2, 0) is 6.54 Å². The molecule has 0 fully saturated rings. The van der Waals surface area contributed by atoms with Crippen molar-refractivity contribution in [2.75, 3.05) is 0 Å². The van der Waals surface area contributed by atoms with Crippen LogP contribution in [0.15, 0.2) is 76.3 Å². The van der Waals surface area contributed by atoms with Gasteiger partial charge in [0, 0.05) is 28.5 Å². The Kier molecular flexibility index (Phi) is 4.44. The standard InChI is InChI=1S/C22H16ClN5O2/c1-14-3-2-4-16(11-14)21-24-20(30-26-21)13-27-9-10-28-19(22(27)29)12-18(25-28)15-5-7-17(23)8-6-15/h2-12H,13H2,1H3. The molecule has 0 spiro atoms. The van der Waals surface area contributed by atoms with Crippen molar-refractivity contribution < 1.29 is 4.52 Å². The molecule has 8 heteroatoms. The van der Waals surface area contributed by atoms with E-state index in [1.165, 1.54) is 4.57 Å². The summed E-state index contributed by atoms with van der Waals surface area (Å²) < 4.78 is 8.45. The quantitative estimate of drug-likeness (QED) is 0.437. The molecule has 2 aromatic carbocycles. The Balaban J connectivity index is 1.46. The predicted octanol–water partition coefficient (Wildman–Crippen LogP) is 4.22. The third kappa shape index (κ3) is 3.40. The van der Waals surface area contributed by atoms with Crippen LogP contribution >= 0.6 is 11.6 Å².